The van der Waals surface area contributed by atoms with Crippen LogP contribution in [0.3, 0.4) is 0 Å². The molecule has 4 aromatic rings. The number of benzene rings is 4. The minimum Gasteiger partial charge on any atom is -0.454 e. The van der Waals surface area contributed by atoms with Crippen LogP contribution >= 0.6 is 0 Å². The molecule has 0 bridgehead atoms. The molecule has 278 valence electrons. The fraction of sp³-hybridized carbons (Fsp3) is 0.333. The van der Waals surface area contributed by atoms with Gasteiger partial charge in [0.1, 0.15) is 0 Å². The highest BCUT2D eigenvalue weighted by molar-refractivity contribution is 6.03. The summed E-state index contributed by atoms with van der Waals surface area (Å²) >= 11 is 0. The summed E-state index contributed by atoms with van der Waals surface area (Å²) < 4.78 is 22.5. The molecule has 6 atom stereocenters. The molecule has 6 amide bonds. The first kappa shape index (κ1) is 35.0. The number of fused-ring (bicyclic) bond motifs is 2. The second-order valence-electron chi connectivity index (χ2n) is 14.4. The number of carbonyl (C=O) groups is 4. The Morgan fingerprint density at radius 1 is 0.574 bits per heavy atom. The summed E-state index contributed by atoms with van der Waals surface area (Å²) in [6.07, 6.45) is 0.145. The van der Waals surface area contributed by atoms with Crippen LogP contribution in [0.5, 0.6) is 23.0 Å². The number of hydrogen-bond acceptors (Lipinski definition) is 8. The molecule has 2 saturated heterocycles. The summed E-state index contributed by atoms with van der Waals surface area (Å²) in [5, 5.41) is 0. The summed E-state index contributed by atoms with van der Waals surface area (Å²) in [6, 6.07) is 26.9. The summed E-state index contributed by atoms with van der Waals surface area (Å²) in [4.78, 5) is 65.1. The van der Waals surface area contributed by atoms with Gasteiger partial charge >= 0.3 is 12.1 Å². The molecule has 4 aromatic carbocycles. The summed E-state index contributed by atoms with van der Waals surface area (Å²) in [6.45, 7) is 3.97. The molecule has 0 N–H and O–H groups in total. The van der Waals surface area contributed by atoms with E-state index >= 15 is 9.59 Å². The predicted octanol–water partition coefficient (Wildman–Crippen LogP) is 6.21. The van der Waals surface area contributed by atoms with Gasteiger partial charge in [-0.05, 0) is 73.2 Å². The average molecular weight is 731 g/mol. The number of carbonyl (C=O) groups excluding carboxylic acids is 4. The van der Waals surface area contributed by atoms with Crippen molar-refractivity contribution < 1.29 is 38.1 Å². The van der Waals surface area contributed by atoms with Crippen LogP contribution in [0.4, 0.5) is 9.59 Å². The average Bonchev–Trinajstić information content (AvgIpc) is 3.96. The molecular formula is C42H42N4O8. The van der Waals surface area contributed by atoms with Crippen LogP contribution in [0.15, 0.2) is 97.1 Å². The monoisotopic (exact) mass is 730 g/mol. The van der Waals surface area contributed by atoms with E-state index in [1.165, 1.54) is 9.80 Å². The lowest BCUT2D eigenvalue weighted by molar-refractivity contribution is -0.144. The molecule has 12 heteroatoms. The van der Waals surface area contributed by atoms with Crippen molar-refractivity contribution in [3.63, 3.8) is 0 Å². The van der Waals surface area contributed by atoms with Crippen LogP contribution in [-0.4, -0.2) is 83.2 Å². The zero-order valence-electron chi connectivity index (χ0n) is 30.6. The fourth-order valence-electron chi connectivity index (χ4n) is 8.20. The lowest BCUT2D eigenvalue weighted by Crippen LogP contribution is -2.49. The Bertz CT molecular complexity index is 1950. The zero-order valence-corrected chi connectivity index (χ0v) is 30.6. The highest BCUT2D eigenvalue weighted by Gasteiger charge is 2.53. The van der Waals surface area contributed by atoms with E-state index in [-0.39, 0.29) is 38.5 Å². The van der Waals surface area contributed by atoms with E-state index in [9.17, 15) is 9.59 Å². The molecule has 0 radical (unpaired) electrons. The normalized spacial score (nSPS) is 22.6. The third-order valence-corrected chi connectivity index (χ3v) is 11.4. The molecule has 0 aliphatic carbocycles. The SMILES string of the molecule is C[C@@H]1[C@H](c2ccccc2)N(C(=O)[C@@H](Cc2ccc3c(c2)OCO3)[C@@H](Cc2ccc3c(c2)OCO3)C(=O)N2C(=O)N(C)[C@H](C)[C@@H]2c2ccccc2)C(=O)N1C. The second-order valence-corrected chi connectivity index (χ2v) is 14.4. The number of likely N-dealkylation sites (N-methyl/N-ethyl adjacent to an activating group) is 2. The van der Waals surface area contributed by atoms with Crippen molar-refractivity contribution in [2.75, 3.05) is 27.7 Å². The van der Waals surface area contributed by atoms with E-state index < -0.39 is 47.8 Å². The molecule has 0 spiro atoms. The summed E-state index contributed by atoms with van der Waals surface area (Å²) in [7, 11) is 3.37. The number of rotatable bonds is 9. The molecular weight excluding hydrogens is 688 g/mol. The fourth-order valence-corrected chi connectivity index (χ4v) is 8.20. The number of imide groups is 2. The Balaban J connectivity index is 1.27. The third kappa shape index (κ3) is 6.05. The van der Waals surface area contributed by atoms with Gasteiger partial charge in [-0.1, -0.05) is 72.8 Å². The highest BCUT2D eigenvalue weighted by Crippen LogP contribution is 2.43. The predicted molar refractivity (Wildman–Crippen MR) is 197 cm³/mol. The third-order valence-electron chi connectivity index (χ3n) is 11.4. The van der Waals surface area contributed by atoms with Gasteiger partial charge in [0.05, 0.1) is 36.0 Å². The Morgan fingerprint density at radius 2 is 0.944 bits per heavy atom. The lowest BCUT2D eigenvalue weighted by Gasteiger charge is -2.34. The smallest absolute Gasteiger partial charge is 0.327 e. The van der Waals surface area contributed by atoms with Crippen molar-refractivity contribution in [1.82, 2.24) is 19.6 Å². The molecule has 0 saturated carbocycles. The first-order valence-electron chi connectivity index (χ1n) is 18.2. The molecule has 12 nitrogen and oxygen atoms in total. The van der Waals surface area contributed by atoms with E-state index in [0.29, 0.717) is 34.1 Å². The van der Waals surface area contributed by atoms with E-state index in [4.69, 9.17) is 18.9 Å². The zero-order chi connectivity index (χ0) is 37.7. The first-order chi connectivity index (χ1) is 26.1. The van der Waals surface area contributed by atoms with Crippen LogP contribution in [-0.2, 0) is 22.4 Å². The van der Waals surface area contributed by atoms with E-state index in [1.807, 2.05) is 98.8 Å². The van der Waals surface area contributed by atoms with E-state index in [0.717, 1.165) is 11.1 Å². The van der Waals surface area contributed by atoms with Gasteiger partial charge in [-0.3, -0.25) is 19.4 Å². The topological polar surface area (TPSA) is 118 Å². The molecule has 0 aromatic heterocycles. The maximum Gasteiger partial charge on any atom is 0.327 e. The van der Waals surface area contributed by atoms with E-state index in [2.05, 4.69) is 0 Å². The maximum absolute atomic E-state index is 15.5. The molecule has 4 heterocycles. The Hall–Kier alpha value is -6.04. The van der Waals surface area contributed by atoms with Crippen LogP contribution in [0.25, 0.3) is 0 Å². The van der Waals surface area contributed by atoms with Crippen molar-refractivity contribution in [3.05, 3.63) is 119 Å². The first-order valence-corrected chi connectivity index (χ1v) is 18.2. The van der Waals surface area contributed by atoms with Crippen LogP contribution in [0, 0.1) is 11.8 Å². The number of nitrogens with zero attached hydrogens (tertiary/aromatic N) is 4. The Labute approximate surface area is 313 Å². The molecule has 4 aliphatic heterocycles. The van der Waals surface area contributed by atoms with Gasteiger partial charge in [-0.2, -0.15) is 0 Å². The van der Waals surface area contributed by atoms with Crippen molar-refractivity contribution >= 4 is 23.9 Å². The van der Waals surface area contributed by atoms with Gasteiger partial charge in [-0.15, -0.1) is 0 Å². The van der Waals surface area contributed by atoms with Crippen LogP contribution in [0.2, 0.25) is 0 Å². The van der Waals surface area contributed by atoms with Gasteiger partial charge in [0.2, 0.25) is 25.4 Å². The Kier molecular flexibility index (Phi) is 9.12. The molecule has 0 unspecified atom stereocenters. The van der Waals surface area contributed by atoms with Gasteiger partial charge in [0, 0.05) is 14.1 Å². The molecule has 2 fully saturated rings. The van der Waals surface area contributed by atoms with Gasteiger partial charge in [0.25, 0.3) is 0 Å². The highest BCUT2D eigenvalue weighted by atomic mass is 16.7. The number of amides is 6. The van der Waals surface area contributed by atoms with Crippen molar-refractivity contribution in [2.24, 2.45) is 11.8 Å². The summed E-state index contributed by atoms with van der Waals surface area (Å²) in [5.41, 5.74) is 3.02. The van der Waals surface area contributed by atoms with Crippen molar-refractivity contribution in [3.8, 4) is 23.0 Å². The number of ether oxygens (including phenoxy) is 4. The van der Waals surface area contributed by atoms with Gasteiger partial charge in [-0.25, -0.2) is 9.59 Å². The van der Waals surface area contributed by atoms with Crippen LogP contribution in [0.1, 0.15) is 48.2 Å². The lowest BCUT2D eigenvalue weighted by atomic mass is 9.79. The van der Waals surface area contributed by atoms with Crippen molar-refractivity contribution in [1.29, 1.82) is 0 Å². The number of hydrogen-bond donors (Lipinski definition) is 0. The Morgan fingerprint density at radius 3 is 1.33 bits per heavy atom. The molecule has 54 heavy (non-hydrogen) atoms. The van der Waals surface area contributed by atoms with Gasteiger partial charge in [0.15, 0.2) is 23.0 Å². The summed E-state index contributed by atoms with van der Waals surface area (Å²) in [5.74, 6) is -0.995. The van der Waals surface area contributed by atoms with Gasteiger partial charge < -0.3 is 28.7 Å². The molecule has 8 rings (SSSR count). The second kappa shape index (κ2) is 14.1. The van der Waals surface area contributed by atoms with Crippen molar-refractivity contribution in [2.45, 2.75) is 50.9 Å². The standard InChI is InChI=1S/C42H42N4O8/c1-25-37(29-11-7-5-8-12-29)45(41(49)43(25)3)39(47)31(19-27-15-17-33-35(21-27)53-23-51-33)32(20-28-16-18-34-36(22-28)54-24-52-34)40(48)46-38(26(2)44(4)42(46)50)30-13-9-6-10-14-30/h5-18,21-22,25-26,31-32,37-38H,19-20,23-24H2,1-4H3/t25-,26-,31-,32+,37-,38-/m1/s1. The van der Waals surface area contributed by atoms with E-state index in [1.54, 1.807) is 36.0 Å². The molecule has 4 aliphatic rings. The number of urea groups is 2. The largest absolute Gasteiger partial charge is 0.454 e. The minimum atomic E-state index is -1.09. The quantitative estimate of drug-likeness (QED) is 0.200. The maximum atomic E-state index is 15.5. The minimum absolute atomic E-state index is 0.0707. The van der Waals surface area contributed by atoms with Crippen LogP contribution < -0.4 is 18.9 Å².